The maximum Gasteiger partial charge on any atom is 0.325 e. The predicted octanol–water partition coefficient (Wildman–Crippen LogP) is 2.44. The van der Waals surface area contributed by atoms with Crippen molar-refractivity contribution in [2.24, 2.45) is 0 Å². The molecule has 0 bridgehead atoms. The van der Waals surface area contributed by atoms with E-state index in [1.165, 1.54) is 31.0 Å². The van der Waals surface area contributed by atoms with Crippen LogP contribution in [0, 0.1) is 0 Å². The van der Waals surface area contributed by atoms with Gasteiger partial charge in [-0.15, -0.1) is 0 Å². The lowest BCUT2D eigenvalue weighted by atomic mass is 10.2. The number of carbonyl (C=O) groups is 3. The second-order valence-electron chi connectivity index (χ2n) is 5.96. The number of aromatic nitrogens is 3. The van der Waals surface area contributed by atoms with Crippen molar-refractivity contribution < 1.29 is 19.5 Å². The maximum atomic E-state index is 12.4. The van der Waals surface area contributed by atoms with Gasteiger partial charge in [-0.05, 0) is 31.2 Å². The monoisotopic (exact) mass is 411 g/mol. The molecule has 148 valence electrons. The molecular formula is C19H17N5O4S. The summed E-state index contributed by atoms with van der Waals surface area (Å²) in [5.74, 6) is -2.01. The molecule has 0 fully saturated rings. The molecule has 0 saturated heterocycles. The third-order valence-corrected chi connectivity index (χ3v) is 4.73. The Labute approximate surface area is 169 Å². The molecule has 0 spiro atoms. The summed E-state index contributed by atoms with van der Waals surface area (Å²) in [5.41, 5.74) is 1.56. The van der Waals surface area contributed by atoms with Crippen LogP contribution in [0.3, 0.4) is 0 Å². The zero-order valence-corrected chi connectivity index (χ0v) is 16.1. The van der Waals surface area contributed by atoms with E-state index in [1.54, 1.807) is 24.4 Å². The van der Waals surface area contributed by atoms with Crippen molar-refractivity contribution in [2.45, 2.75) is 22.9 Å². The molecule has 4 N–H and O–H groups in total. The lowest BCUT2D eigenvalue weighted by molar-refractivity contribution is -0.138. The number of rotatable bonds is 7. The summed E-state index contributed by atoms with van der Waals surface area (Å²) in [4.78, 5) is 47.2. The highest BCUT2D eigenvalue weighted by Gasteiger charge is 2.19. The largest absolute Gasteiger partial charge is 0.480 e. The topological polar surface area (TPSA) is 137 Å². The van der Waals surface area contributed by atoms with Crippen LogP contribution in [-0.2, 0) is 9.59 Å². The van der Waals surface area contributed by atoms with Crippen LogP contribution in [0.15, 0.2) is 59.2 Å². The highest BCUT2D eigenvalue weighted by molar-refractivity contribution is 7.99. The number of hydrogen-bond acceptors (Lipinski definition) is 6. The fourth-order valence-corrected chi connectivity index (χ4v) is 3.20. The Morgan fingerprint density at radius 2 is 2.14 bits per heavy atom. The number of carbonyl (C=O) groups excluding carboxylic acids is 2. The van der Waals surface area contributed by atoms with Crippen LogP contribution in [0.5, 0.6) is 0 Å². The number of carboxylic acids is 1. The van der Waals surface area contributed by atoms with Crippen LogP contribution in [0.4, 0.5) is 5.69 Å². The third kappa shape index (κ3) is 4.79. The zero-order chi connectivity index (χ0) is 21.0. The molecule has 2 heterocycles. The lowest BCUT2D eigenvalue weighted by Crippen LogP contribution is -2.38. The quantitative estimate of drug-likeness (QED) is 0.438. The van der Waals surface area contributed by atoms with Crippen molar-refractivity contribution in [3.63, 3.8) is 0 Å². The molecule has 0 saturated carbocycles. The minimum Gasteiger partial charge on any atom is -0.480 e. The molecule has 29 heavy (non-hydrogen) atoms. The van der Waals surface area contributed by atoms with Crippen molar-refractivity contribution in [1.82, 2.24) is 20.3 Å². The van der Waals surface area contributed by atoms with Crippen molar-refractivity contribution in [3.05, 3.63) is 54.9 Å². The summed E-state index contributed by atoms with van der Waals surface area (Å²) < 4.78 is 0. The number of nitrogens with zero attached hydrogens (tertiary/aromatic N) is 2. The Balaban J connectivity index is 1.84. The Morgan fingerprint density at radius 3 is 2.86 bits per heavy atom. The number of fused-ring (bicyclic) bond motifs is 1. The van der Waals surface area contributed by atoms with E-state index < -0.39 is 17.9 Å². The summed E-state index contributed by atoms with van der Waals surface area (Å²) in [7, 11) is 0. The number of benzene rings is 1. The van der Waals surface area contributed by atoms with Crippen molar-refractivity contribution in [1.29, 1.82) is 0 Å². The highest BCUT2D eigenvalue weighted by atomic mass is 32.2. The lowest BCUT2D eigenvalue weighted by Gasteiger charge is -2.08. The Morgan fingerprint density at radius 1 is 1.34 bits per heavy atom. The molecule has 9 nitrogen and oxygen atoms in total. The summed E-state index contributed by atoms with van der Waals surface area (Å²) in [6.45, 7) is 4.79. The second kappa shape index (κ2) is 8.57. The van der Waals surface area contributed by atoms with Crippen molar-refractivity contribution in [3.8, 4) is 0 Å². The van der Waals surface area contributed by atoms with E-state index in [2.05, 4.69) is 32.2 Å². The Kier molecular flexibility index (Phi) is 5.93. The van der Waals surface area contributed by atoms with Crippen LogP contribution in [-0.4, -0.2) is 43.9 Å². The van der Waals surface area contributed by atoms with Crippen LogP contribution in [0.1, 0.15) is 17.3 Å². The molecule has 1 aromatic carbocycles. The number of H-pyrrole nitrogens is 1. The van der Waals surface area contributed by atoms with Gasteiger partial charge in [0.15, 0.2) is 5.65 Å². The van der Waals surface area contributed by atoms with Gasteiger partial charge >= 0.3 is 5.97 Å². The molecule has 1 atom stereocenters. The van der Waals surface area contributed by atoms with Gasteiger partial charge in [-0.3, -0.25) is 14.4 Å². The van der Waals surface area contributed by atoms with Gasteiger partial charge < -0.3 is 20.7 Å². The molecule has 0 unspecified atom stereocenters. The highest BCUT2D eigenvalue weighted by Crippen LogP contribution is 2.29. The van der Waals surface area contributed by atoms with Crippen LogP contribution in [0.2, 0.25) is 0 Å². The first-order chi connectivity index (χ1) is 13.9. The molecule has 0 aliphatic carbocycles. The summed E-state index contributed by atoms with van der Waals surface area (Å²) in [5, 5.41) is 14.6. The number of aromatic amines is 1. The average Bonchev–Trinajstić information content (AvgIpc) is 3.11. The first kappa shape index (κ1) is 20.1. The predicted molar refractivity (Wildman–Crippen MR) is 108 cm³/mol. The number of carboxylic acid groups (broad SMARTS) is 1. The average molecular weight is 411 g/mol. The maximum absolute atomic E-state index is 12.4. The van der Waals surface area contributed by atoms with E-state index in [0.717, 1.165) is 4.90 Å². The first-order valence-corrected chi connectivity index (χ1v) is 9.28. The number of nitrogens with one attached hydrogen (secondary N) is 3. The normalized spacial score (nSPS) is 11.6. The van der Waals surface area contributed by atoms with E-state index in [1.807, 2.05) is 6.07 Å². The fourth-order valence-electron chi connectivity index (χ4n) is 2.38. The van der Waals surface area contributed by atoms with Gasteiger partial charge in [0.05, 0.1) is 11.8 Å². The van der Waals surface area contributed by atoms with E-state index in [9.17, 15) is 14.4 Å². The SMILES string of the molecule is C=CC(=O)Nc1cccc(Sc2cnc3[nH]cc(C(=O)N[C@@H](C)C(=O)O)c3n2)c1. The Bertz CT molecular complexity index is 1110. The smallest absolute Gasteiger partial charge is 0.325 e. The van der Waals surface area contributed by atoms with Crippen LogP contribution in [0.25, 0.3) is 11.2 Å². The zero-order valence-electron chi connectivity index (χ0n) is 15.3. The van der Waals surface area contributed by atoms with Gasteiger partial charge in [0.2, 0.25) is 5.91 Å². The fraction of sp³-hybridized carbons (Fsp3) is 0.105. The van der Waals surface area contributed by atoms with Gasteiger partial charge in [-0.2, -0.15) is 0 Å². The molecule has 0 aliphatic heterocycles. The molecule has 0 radical (unpaired) electrons. The molecule has 3 rings (SSSR count). The van der Waals surface area contributed by atoms with Gasteiger partial charge in [-0.25, -0.2) is 9.97 Å². The van der Waals surface area contributed by atoms with Gasteiger partial charge in [-0.1, -0.05) is 24.4 Å². The van der Waals surface area contributed by atoms with Crippen molar-refractivity contribution >= 4 is 46.4 Å². The van der Waals surface area contributed by atoms with Gasteiger partial charge in [0, 0.05) is 16.8 Å². The van der Waals surface area contributed by atoms with E-state index >= 15 is 0 Å². The number of hydrogen-bond donors (Lipinski definition) is 4. The second-order valence-corrected chi connectivity index (χ2v) is 7.06. The van der Waals surface area contributed by atoms with Crippen LogP contribution >= 0.6 is 11.8 Å². The molecule has 10 heteroatoms. The molecule has 0 aliphatic rings. The van der Waals surface area contributed by atoms with Crippen LogP contribution < -0.4 is 10.6 Å². The third-order valence-electron chi connectivity index (χ3n) is 3.83. The van der Waals surface area contributed by atoms with E-state index in [0.29, 0.717) is 21.9 Å². The minimum absolute atomic E-state index is 0.204. The standard InChI is InChI=1S/C19H17N5O4S/c1-3-14(25)23-11-5-4-6-12(7-11)29-15-9-21-17-16(24-15)13(8-20-17)18(26)22-10(2)19(27)28/h3-10H,1H2,2H3,(H,20,21)(H,22,26)(H,23,25)(H,27,28)/t10-/m0/s1. The van der Waals surface area contributed by atoms with Gasteiger partial charge in [0.1, 0.15) is 16.6 Å². The summed E-state index contributed by atoms with van der Waals surface area (Å²) in [6.07, 6.45) is 4.18. The summed E-state index contributed by atoms with van der Waals surface area (Å²) in [6, 6.07) is 6.12. The van der Waals surface area contributed by atoms with Crippen molar-refractivity contribution in [2.75, 3.05) is 5.32 Å². The molecule has 2 amide bonds. The van der Waals surface area contributed by atoms with Gasteiger partial charge in [0.25, 0.3) is 5.91 Å². The van der Waals surface area contributed by atoms with E-state index in [-0.39, 0.29) is 11.5 Å². The molecule has 3 aromatic rings. The number of aliphatic carboxylic acids is 1. The Hall–Kier alpha value is -3.66. The molecular weight excluding hydrogens is 394 g/mol. The number of anilines is 1. The number of amides is 2. The first-order valence-electron chi connectivity index (χ1n) is 8.46. The molecule has 2 aromatic heterocycles. The van der Waals surface area contributed by atoms with E-state index in [4.69, 9.17) is 5.11 Å². The minimum atomic E-state index is -1.14. The summed E-state index contributed by atoms with van der Waals surface area (Å²) >= 11 is 1.30.